The lowest BCUT2D eigenvalue weighted by atomic mass is 10.1. The van der Waals surface area contributed by atoms with Gasteiger partial charge in [0, 0.05) is 12.2 Å². The van der Waals surface area contributed by atoms with Gasteiger partial charge in [0.1, 0.15) is 0 Å². The van der Waals surface area contributed by atoms with Crippen molar-refractivity contribution in [3.8, 4) is 0 Å². The van der Waals surface area contributed by atoms with Crippen molar-refractivity contribution in [1.29, 1.82) is 0 Å². The second-order valence-electron chi connectivity index (χ2n) is 4.95. The van der Waals surface area contributed by atoms with Gasteiger partial charge in [0.15, 0.2) is 0 Å². The Morgan fingerprint density at radius 1 is 1.10 bits per heavy atom. The molecule has 0 fully saturated rings. The maximum Gasteiger partial charge on any atom is 0.261 e. The molecule has 1 aliphatic heterocycles. The lowest BCUT2D eigenvalue weighted by molar-refractivity contribution is 0.0648. The molecular weight excluding hydrogens is 254 g/mol. The van der Waals surface area contributed by atoms with Crippen LogP contribution < -0.4 is 5.73 Å². The highest BCUT2D eigenvalue weighted by Crippen LogP contribution is 2.24. The van der Waals surface area contributed by atoms with Gasteiger partial charge in [-0.1, -0.05) is 13.8 Å². The minimum absolute atomic E-state index is 0.204. The van der Waals surface area contributed by atoms with E-state index in [-0.39, 0.29) is 11.8 Å². The number of benzene rings is 1. The van der Waals surface area contributed by atoms with Gasteiger partial charge in [0.25, 0.3) is 11.8 Å². The molecule has 1 aromatic carbocycles. The van der Waals surface area contributed by atoms with E-state index >= 15 is 0 Å². The Labute approximate surface area is 119 Å². The number of amides is 2. The lowest BCUT2D eigenvalue weighted by Gasteiger charge is -2.20. The Morgan fingerprint density at radius 3 is 2.40 bits per heavy atom. The zero-order valence-electron chi connectivity index (χ0n) is 12.1. The van der Waals surface area contributed by atoms with Gasteiger partial charge in [-0.25, -0.2) is 0 Å². The molecule has 0 saturated heterocycles. The van der Waals surface area contributed by atoms with Crippen LogP contribution in [-0.4, -0.2) is 47.8 Å². The summed E-state index contributed by atoms with van der Waals surface area (Å²) >= 11 is 0. The predicted octanol–water partition coefficient (Wildman–Crippen LogP) is 1.60. The van der Waals surface area contributed by atoms with E-state index in [1.54, 1.807) is 18.2 Å². The van der Waals surface area contributed by atoms with Crippen LogP contribution in [0.1, 0.15) is 41.0 Å². The first-order valence-electron chi connectivity index (χ1n) is 7.06. The SMILES string of the molecule is CCN(CC)CCCN1C(=O)c2ccc(N)cc2C1=O. The van der Waals surface area contributed by atoms with E-state index in [1.807, 2.05) is 0 Å². The van der Waals surface area contributed by atoms with Crippen LogP contribution in [0.15, 0.2) is 18.2 Å². The van der Waals surface area contributed by atoms with Crippen LogP contribution in [0.3, 0.4) is 0 Å². The average molecular weight is 275 g/mol. The highest BCUT2D eigenvalue weighted by Gasteiger charge is 2.34. The van der Waals surface area contributed by atoms with Crippen LogP contribution in [0.4, 0.5) is 5.69 Å². The summed E-state index contributed by atoms with van der Waals surface area (Å²) in [6.07, 6.45) is 0.794. The van der Waals surface area contributed by atoms with E-state index < -0.39 is 0 Å². The summed E-state index contributed by atoms with van der Waals surface area (Å²) in [7, 11) is 0. The van der Waals surface area contributed by atoms with Crippen molar-refractivity contribution in [2.24, 2.45) is 0 Å². The molecule has 2 amide bonds. The van der Waals surface area contributed by atoms with E-state index in [9.17, 15) is 9.59 Å². The number of fused-ring (bicyclic) bond motifs is 1. The summed E-state index contributed by atoms with van der Waals surface area (Å²) in [5.41, 5.74) is 7.07. The molecule has 0 saturated carbocycles. The van der Waals surface area contributed by atoms with E-state index in [0.717, 1.165) is 26.1 Å². The first kappa shape index (κ1) is 14.5. The van der Waals surface area contributed by atoms with Crippen molar-refractivity contribution in [3.05, 3.63) is 29.3 Å². The van der Waals surface area contributed by atoms with Gasteiger partial charge in [-0.15, -0.1) is 0 Å². The molecule has 1 aliphatic rings. The normalized spacial score (nSPS) is 14.2. The minimum atomic E-state index is -0.225. The summed E-state index contributed by atoms with van der Waals surface area (Å²) < 4.78 is 0. The van der Waals surface area contributed by atoms with Gasteiger partial charge in [-0.3, -0.25) is 14.5 Å². The molecule has 108 valence electrons. The van der Waals surface area contributed by atoms with E-state index in [2.05, 4.69) is 18.7 Å². The molecule has 0 unspecified atom stereocenters. The lowest BCUT2D eigenvalue weighted by Crippen LogP contribution is -2.33. The molecule has 5 heteroatoms. The Bertz CT molecular complexity index is 524. The van der Waals surface area contributed by atoms with Crippen molar-refractivity contribution >= 4 is 17.5 Å². The van der Waals surface area contributed by atoms with Gasteiger partial charge < -0.3 is 10.6 Å². The third-order valence-corrected chi connectivity index (χ3v) is 3.75. The Balaban J connectivity index is 2.02. The van der Waals surface area contributed by atoms with Crippen molar-refractivity contribution in [3.63, 3.8) is 0 Å². The summed E-state index contributed by atoms with van der Waals surface area (Å²) in [5.74, 6) is -0.429. The van der Waals surface area contributed by atoms with Crippen molar-refractivity contribution in [1.82, 2.24) is 9.80 Å². The number of rotatable bonds is 6. The number of hydrogen-bond donors (Lipinski definition) is 1. The van der Waals surface area contributed by atoms with Gasteiger partial charge in [-0.05, 0) is 44.3 Å². The Hall–Kier alpha value is -1.88. The largest absolute Gasteiger partial charge is 0.399 e. The van der Waals surface area contributed by atoms with Gasteiger partial charge >= 0.3 is 0 Å². The third-order valence-electron chi connectivity index (χ3n) is 3.75. The number of carbonyl (C=O) groups is 2. The molecule has 0 bridgehead atoms. The summed E-state index contributed by atoms with van der Waals surface area (Å²) in [6, 6.07) is 4.87. The Kier molecular flexibility index (Phi) is 4.39. The highest BCUT2D eigenvalue weighted by atomic mass is 16.2. The number of nitrogens with zero attached hydrogens (tertiary/aromatic N) is 2. The van der Waals surface area contributed by atoms with Gasteiger partial charge in [0.2, 0.25) is 0 Å². The van der Waals surface area contributed by atoms with Gasteiger partial charge in [-0.2, -0.15) is 0 Å². The molecular formula is C15H21N3O2. The summed E-state index contributed by atoms with van der Waals surface area (Å²) in [5, 5.41) is 0. The van der Waals surface area contributed by atoms with Crippen LogP contribution in [0.25, 0.3) is 0 Å². The smallest absolute Gasteiger partial charge is 0.261 e. The Morgan fingerprint density at radius 2 is 1.75 bits per heavy atom. The average Bonchev–Trinajstić information content (AvgIpc) is 2.68. The first-order chi connectivity index (χ1) is 9.58. The molecule has 0 atom stereocenters. The van der Waals surface area contributed by atoms with E-state index in [4.69, 9.17) is 5.73 Å². The van der Waals surface area contributed by atoms with E-state index in [0.29, 0.717) is 23.4 Å². The quantitative estimate of drug-likeness (QED) is 0.632. The molecule has 5 nitrogen and oxygen atoms in total. The zero-order chi connectivity index (χ0) is 14.7. The topological polar surface area (TPSA) is 66.6 Å². The van der Waals surface area contributed by atoms with Crippen LogP contribution >= 0.6 is 0 Å². The number of nitrogen functional groups attached to an aromatic ring is 1. The second-order valence-corrected chi connectivity index (χ2v) is 4.95. The number of imide groups is 1. The number of anilines is 1. The number of hydrogen-bond acceptors (Lipinski definition) is 4. The van der Waals surface area contributed by atoms with Crippen LogP contribution in [0, 0.1) is 0 Å². The zero-order valence-corrected chi connectivity index (χ0v) is 12.1. The molecule has 0 aliphatic carbocycles. The molecule has 0 aromatic heterocycles. The van der Waals surface area contributed by atoms with Crippen LogP contribution in [0.2, 0.25) is 0 Å². The van der Waals surface area contributed by atoms with E-state index in [1.165, 1.54) is 4.90 Å². The molecule has 1 heterocycles. The highest BCUT2D eigenvalue weighted by molar-refractivity contribution is 6.21. The molecule has 0 spiro atoms. The van der Waals surface area contributed by atoms with Crippen molar-refractivity contribution < 1.29 is 9.59 Å². The fourth-order valence-electron chi connectivity index (χ4n) is 2.50. The minimum Gasteiger partial charge on any atom is -0.399 e. The molecule has 2 N–H and O–H groups in total. The molecule has 1 aromatic rings. The fourth-order valence-corrected chi connectivity index (χ4v) is 2.50. The second kappa shape index (κ2) is 6.05. The predicted molar refractivity (Wildman–Crippen MR) is 78.6 cm³/mol. The standard InChI is InChI=1S/C15H21N3O2/c1-3-17(4-2)8-5-9-18-14(19)12-7-6-11(16)10-13(12)15(18)20/h6-7,10H,3-5,8-9,16H2,1-2H3. The maximum absolute atomic E-state index is 12.2. The molecule has 0 radical (unpaired) electrons. The summed E-state index contributed by atoms with van der Waals surface area (Å²) in [6.45, 7) is 7.53. The molecule has 20 heavy (non-hydrogen) atoms. The maximum atomic E-state index is 12.2. The fraction of sp³-hybridized carbons (Fsp3) is 0.467. The third kappa shape index (κ3) is 2.67. The van der Waals surface area contributed by atoms with Gasteiger partial charge in [0.05, 0.1) is 11.1 Å². The number of nitrogens with two attached hydrogens (primary N) is 1. The van der Waals surface area contributed by atoms with Crippen LogP contribution in [-0.2, 0) is 0 Å². The molecule has 2 rings (SSSR count). The first-order valence-corrected chi connectivity index (χ1v) is 7.06. The van der Waals surface area contributed by atoms with Crippen LogP contribution in [0.5, 0.6) is 0 Å². The van der Waals surface area contributed by atoms with Crippen molar-refractivity contribution in [2.75, 3.05) is 31.9 Å². The number of carbonyl (C=O) groups excluding carboxylic acids is 2. The van der Waals surface area contributed by atoms with Crippen molar-refractivity contribution in [2.45, 2.75) is 20.3 Å². The monoisotopic (exact) mass is 275 g/mol. The summed E-state index contributed by atoms with van der Waals surface area (Å²) in [4.78, 5) is 28.0.